The summed E-state index contributed by atoms with van der Waals surface area (Å²) in [5.41, 5.74) is 3.54. The van der Waals surface area contributed by atoms with Gasteiger partial charge in [-0.3, -0.25) is 0 Å². The summed E-state index contributed by atoms with van der Waals surface area (Å²) < 4.78 is 0. The predicted molar refractivity (Wildman–Crippen MR) is 99.8 cm³/mol. The molecule has 0 aliphatic carbocycles. The van der Waals surface area contributed by atoms with Gasteiger partial charge in [0.1, 0.15) is 5.82 Å². The lowest BCUT2D eigenvalue weighted by molar-refractivity contribution is 0.995. The number of hydrogen-bond acceptors (Lipinski definition) is 5. The van der Waals surface area contributed by atoms with Crippen molar-refractivity contribution in [2.24, 2.45) is 0 Å². The molecule has 3 aromatic rings. The molecule has 0 fully saturated rings. The van der Waals surface area contributed by atoms with Crippen molar-refractivity contribution < 1.29 is 0 Å². The van der Waals surface area contributed by atoms with Crippen molar-refractivity contribution in [1.29, 1.82) is 5.26 Å². The van der Waals surface area contributed by atoms with Gasteiger partial charge in [0.2, 0.25) is 5.95 Å². The Bertz CT molecular complexity index is 884. The average Bonchev–Trinajstić information content (AvgIpc) is 2.62. The SMILES string of the molecule is Cc1cc(NCCc2ccccc2)nc(Nc2cccc(C#N)c2)n1. The molecule has 1 aromatic heterocycles. The monoisotopic (exact) mass is 329 g/mol. The van der Waals surface area contributed by atoms with Crippen LogP contribution in [-0.4, -0.2) is 16.5 Å². The minimum absolute atomic E-state index is 0.511. The fourth-order valence-electron chi connectivity index (χ4n) is 2.49. The average molecular weight is 329 g/mol. The molecule has 0 aliphatic heterocycles. The van der Waals surface area contributed by atoms with Crippen LogP contribution in [0.4, 0.5) is 17.5 Å². The molecule has 25 heavy (non-hydrogen) atoms. The van der Waals surface area contributed by atoms with Crippen molar-refractivity contribution >= 4 is 17.5 Å². The number of nitrogens with zero attached hydrogens (tertiary/aromatic N) is 3. The van der Waals surface area contributed by atoms with E-state index in [1.54, 1.807) is 12.1 Å². The lowest BCUT2D eigenvalue weighted by Gasteiger charge is -2.10. The number of rotatable bonds is 6. The van der Waals surface area contributed by atoms with Crippen LogP contribution in [0.2, 0.25) is 0 Å². The van der Waals surface area contributed by atoms with Gasteiger partial charge in [-0.2, -0.15) is 10.2 Å². The van der Waals surface area contributed by atoms with E-state index in [9.17, 15) is 0 Å². The first-order valence-electron chi connectivity index (χ1n) is 8.13. The summed E-state index contributed by atoms with van der Waals surface area (Å²) >= 11 is 0. The van der Waals surface area contributed by atoms with E-state index in [0.29, 0.717) is 11.5 Å². The van der Waals surface area contributed by atoms with E-state index in [1.807, 2.05) is 43.3 Å². The van der Waals surface area contributed by atoms with Crippen LogP contribution in [0.1, 0.15) is 16.8 Å². The van der Waals surface area contributed by atoms with Crippen LogP contribution in [0.25, 0.3) is 0 Å². The molecule has 2 N–H and O–H groups in total. The minimum Gasteiger partial charge on any atom is -0.370 e. The largest absolute Gasteiger partial charge is 0.370 e. The Morgan fingerprint density at radius 3 is 2.64 bits per heavy atom. The minimum atomic E-state index is 0.511. The van der Waals surface area contributed by atoms with Crippen molar-refractivity contribution in [3.63, 3.8) is 0 Å². The van der Waals surface area contributed by atoms with E-state index >= 15 is 0 Å². The summed E-state index contributed by atoms with van der Waals surface area (Å²) in [5.74, 6) is 1.29. The van der Waals surface area contributed by atoms with Crippen molar-refractivity contribution in [2.45, 2.75) is 13.3 Å². The Morgan fingerprint density at radius 1 is 1.00 bits per heavy atom. The second-order valence-corrected chi connectivity index (χ2v) is 5.70. The molecule has 0 amide bonds. The van der Waals surface area contributed by atoms with Gasteiger partial charge >= 0.3 is 0 Å². The summed E-state index contributed by atoms with van der Waals surface area (Å²) in [5, 5.41) is 15.5. The zero-order chi connectivity index (χ0) is 17.5. The summed E-state index contributed by atoms with van der Waals surface area (Å²) in [6.07, 6.45) is 0.927. The topological polar surface area (TPSA) is 73.6 Å². The molecule has 0 saturated heterocycles. The van der Waals surface area contributed by atoms with Gasteiger partial charge in [-0.25, -0.2) is 4.98 Å². The van der Waals surface area contributed by atoms with Crippen molar-refractivity contribution in [2.75, 3.05) is 17.2 Å². The predicted octanol–water partition coefficient (Wildman–Crippen LogP) is 4.05. The molecule has 1 heterocycles. The van der Waals surface area contributed by atoms with Crippen LogP contribution >= 0.6 is 0 Å². The highest BCUT2D eigenvalue weighted by molar-refractivity contribution is 5.57. The van der Waals surface area contributed by atoms with Gasteiger partial charge in [-0.1, -0.05) is 36.4 Å². The van der Waals surface area contributed by atoms with Gasteiger partial charge < -0.3 is 10.6 Å². The number of benzene rings is 2. The first-order valence-corrected chi connectivity index (χ1v) is 8.13. The Labute approximate surface area is 147 Å². The van der Waals surface area contributed by atoms with Gasteiger partial charge in [0, 0.05) is 24.0 Å². The van der Waals surface area contributed by atoms with E-state index < -0.39 is 0 Å². The van der Waals surface area contributed by atoms with E-state index in [1.165, 1.54) is 5.56 Å². The maximum absolute atomic E-state index is 8.99. The third-order valence-electron chi connectivity index (χ3n) is 3.66. The molecule has 5 nitrogen and oxygen atoms in total. The fraction of sp³-hybridized carbons (Fsp3) is 0.150. The quantitative estimate of drug-likeness (QED) is 0.713. The second kappa shape index (κ2) is 7.93. The normalized spacial score (nSPS) is 10.1. The lowest BCUT2D eigenvalue weighted by Crippen LogP contribution is -2.08. The molecule has 5 heteroatoms. The van der Waals surface area contributed by atoms with E-state index in [4.69, 9.17) is 5.26 Å². The zero-order valence-corrected chi connectivity index (χ0v) is 14.0. The fourth-order valence-corrected chi connectivity index (χ4v) is 2.49. The number of aryl methyl sites for hydroxylation is 1. The number of aromatic nitrogens is 2. The van der Waals surface area contributed by atoms with E-state index in [-0.39, 0.29) is 0 Å². The number of hydrogen-bond donors (Lipinski definition) is 2. The maximum atomic E-state index is 8.99. The van der Waals surface area contributed by atoms with Crippen LogP contribution in [-0.2, 0) is 6.42 Å². The van der Waals surface area contributed by atoms with Crippen LogP contribution in [0.5, 0.6) is 0 Å². The highest BCUT2D eigenvalue weighted by Crippen LogP contribution is 2.17. The first-order chi connectivity index (χ1) is 12.2. The molecule has 3 rings (SSSR count). The summed E-state index contributed by atoms with van der Waals surface area (Å²) in [6.45, 7) is 2.73. The van der Waals surface area contributed by atoms with Gasteiger partial charge in [0.15, 0.2) is 0 Å². The van der Waals surface area contributed by atoms with Crippen molar-refractivity contribution in [3.05, 3.63) is 77.5 Å². The zero-order valence-electron chi connectivity index (χ0n) is 14.0. The molecular formula is C20H19N5. The Kier molecular flexibility index (Phi) is 5.22. The van der Waals surface area contributed by atoms with E-state index in [0.717, 1.165) is 30.2 Å². The van der Waals surface area contributed by atoms with Gasteiger partial charge in [0.25, 0.3) is 0 Å². The smallest absolute Gasteiger partial charge is 0.229 e. The van der Waals surface area contributed by atoms with Gasteiger partial charge in [-0.05, 0) is 37.1 Å². The van der Waals surface area contributed by atoms with Crippen LogP contribution in [0.3, 0.4) is 0 Å². The summed E-state index contributed by atoms with van der Waals surface area (Å²) in [4.78, 5) is 8.91. The molecule has 0 radical (unpaired) electrons. The molecule has 2 aromatic carbocycles. The highest BCUT2D eigenvalue weighted by atomic mass is 15.1. The van der Waals surface area contributed by atoms with Crippen LogP contribution in [0, 0.1) is 18.3 Å². The second-order valence-electron chi connectivity index (χ2n) is 5.70. The third kappa shape index (κ3) is 4.79. The molecule has 0 spiro atoms. The number of nitriles is 1. The van der Waals surface area contributed by atoms with Crippen molar-refractivity contribution in [3.8, 4) is 6.07 Å². The Morgan fingerprint density at radius 2 is 1.84 bits per heavy atom. The Balaban J connectivity index is 1.66. The molecule has 0 aliphatic rings. The number of anilines is 3. The summed E-state index contributed by atoms with van der Waals surface area (Å²) in [7, 11) is 0. The van der Waals surface area contributed by atoms with Crippen LogP contribution in [0.15, 0.2) is 60.7 Å². The molecule has 0 saturated carbocycles. The van der Waals surface area contributed by atoms with Crippen molar-refractivity contribution in [1.82, 2.24) is 9.97 Å². The number of nitrogens with one attached hydrogen (secondary N) is 2. The molecule has 0 bridgehead atoms. The molecular weight excluding hydrogens is 310 g/mol. The van der Waals surface area contributed by atoms with Gasteiger partial charge in [0.05, 0.1) is 11.6 Å². The van der Waals surface area contributed by atoms with Gasteiger partial charge in [-0.15, -0.1) is 0 Å². The maximum Gasteiger partial charge on any atom is 0.229 e. The molecule has 124 valence electrons. The van der Waals surface area contributed by atoms with Crippen LogP contribution < -0.4 is 10.6 Å². The third-order valence-corrected chi connectivity index (χ3v) is 3.66. The Hall–Kier alpha value is -3.39. The first kappa shape index (κ1) is 16.5. The van der Waals surface area contributed by atoms with E-state index in [2.05, 4.69) is 38.8 Å². The standard InChI is InChI=1S/C20H19N5/c1-15-12-19(22-11-10-16-6-3-2-4-7-16)25-20(23-15)24-18-9-5-8-17(13-18)14-21/h2-9,12-13H,10-11H2,1H3,(H2,22,23,24,25). The molecule has 0 atom stereocenters. The summed E-state index contributed by atoms with van der Waals surface area (Å²) in [6, 6.07) is 21.6. The lowest BCUT2D eigenvalue weighted by atomic mass is 10.1. The highest BCUT2D eigenvalue weighted by Gasteiger charge is 2.04. The molecule has 0 unspecified atom stereocenters.